The predicted molar refractivity (Wildman–Crippen MR) is 94.2 cm³/mol. The molecule has 2 heterocycles. The molecule has 0 aliphatic carbocycles. The molecular formula is C18H14N4S. The Labute approximate surface area is 137 Å². The van der Waals surface area contributed by atoms with Gasteiger partial charge in [-0.05, 0) is 36.4 Å². The van der Waals surface area contributed by atoms with Gasteiger partial charge >= 0.3 is 0 Å². The summed E-state index contributed by atoms with van der Waals surface area (Å²) in [7, 11) is 0. The third-order valence-electron chi connectivity index (χ3n) is 3.49. The first-order chi connectivity index (χ1) is 11.4. The fourth-order valence-electron chi connectivity index (χ4n) is 2.37. The molecule has 1 aromatic heterocycles. The number of anilines is 2. The molecule has 0 radical (unpaired) electrons. The summed E-state index contributed by atoms with van der Waals surface area (Å²) in [6.45, 7) is 0. The van der Waals surface area contributed by atoms with Gasteiger partial charge in [-0.3, -0.25) is 0 Å². The number of para-hydroxylation sites is 4. The number of nitrogens with zero attached hydrogens (tertiary/aromatic N) is 2. The number of aromatic nitrogens is 3. The molecule has 3 aromatic carbocycles. The van der Waals surface area contributed by atoms with Crippen LogP contribution in [-0.2, 0) is 0 Å². The number of aromatic amines is 1. The number of nitrogens with one attached hydrogen (secondary N) is 2. The molecule has 0 saturated carbocycles. The fraction of sp³-hybridized carbons (Fsp3) is 0. The van der Waals surface area contributed by atoms with E-state index >= 15 is 0 Å². The monoisotopic (exact) mass is 318 g/mol. The first-order valence-corrected chi connectivity index (χ1v) is 8.10. The molecule has 2 N–H and O–H groups in total. The molecule has 1 aliphatic heterocycles. The Balaban J connectivity index is 0.000000130. The summed E-state index contributed by atoms with van der Waals surface area (Å²) < 4.78 is 0. The van der Waals surface area contributed by atoms with Gasteiger partial charge in [0, 0.05) is 9.79 Å². The summed E-state index contributed by atoms with van der Waals surface area (Å²) in [5.74, 6) is 0. The van der Waals surface area contributed by atoms with E-state index in [1.165, 1.54) is 21.2 Å². The topological polar surface area (TPSA) is 53.6 Å². The second kappa shape index (κ2) is 6.14. The van der Waals surface area contributed by atoms with Crippen LogP contribution in [0.4, 0.5) is 11.4 Å². The van der Waals surface area contributed by atoms with Crippen molar-refractivity contribution in [2.75, 3.05) is 5.32 Å². The maximum Gasteiger partial charge on any atom is 0.112 e. The highest BCUT2D eigenvalue weighted by atomic mass is 32.2. The third kappa shape index (κ3) is 2.91. The second-order valence-corrected chi connectivity index (χ2v) is 6.12. The summed E-state index contributed by atoms with van der Waals surface area (Å²) in [5.41, 5.74) is 4.24. The van der Waals surface area contributed by atoms with Crippen LogP contribution < -0.4 is 5.32 Å². The molecule has 5 rings (SSSR count). The Kier molecular flexibility index (Phi) is 3.70. The minimum atomic E-state index is 0.914. The number of rotatable bonds is 0. The van der Waals surface area contributed by atoms with E-state index in [0.29, 0.717) is 0 Å². The summed E-state index contributed by atoms with van der Waals surface area (Å²) >= 11 is 1.82. The first kappa shape index (κ1) is 13.8. The van der Waals surface area contributed by atoms with Gasteiger partial charge in [-0.1, -0.05) is 48.2 Å². The quantitative estimate of drug-likeness (QED) is 0.428. The molecule has 4 nitrogen and oxygen atoms in total. The Hall–Kier alpha value is -2.79. The third-order valence-corrected chi connectivity index (χ3v) is 4.64. The van der Waals surface area contributed by atoms with E-state index in [1.54, 1.807) is 0 Å². The molecule has 0 unspecified atom stereocenters. The van der Waals surface area contributed by atoms with Crippen LogP contribution >= 0.6 is 11.8 Å². The van der Waals surface area contributed by atoms with Crippen LogP contribution in [0.1, 0.15) is 0 Å². The molecule has 0 saturated heterocycles. The van der Waals surface area contributed by atoms with Gasteiger partial charge < -0.3 is 5.32 Å². The van der Waals surface area contributed by atoms with Crippen LogP contribution in [0.2, 0.25) is 0 Å². The largest absolute Gasteiger partial charge is 0.354 e. The Bertz CT molecular complexity index is 831. The zero-order valence-electron chi connectivity index (χ0n) is 12.2. The second-order valence-electron chi connectivity index (χ2n) is 5.03. The van der Waals surface area contributed by atoms with E-state index in [2.05, 4.69) is 69.3 Å². The van der Waals surface area contributed by atoms with Crippen molar-refractivity contribution < 1.29 is 0 Å². The first-order valence-electron chi connectivity index (χ1n) is 7.28. The minimum absolute atomic E-state index is 0.914. The Morgan fingerprint density at radius 1 is 0.609 bits per heavy atom. The molecule has 0 amide bonds. The van der Waals surface area contributed by atoms with Crippen molar-refractivity contribution in [2.24, 2.45) is 0 Å². The molecule has 0 bridgehead atoms. The van der Waals surface area contributed by atoms with E-state index in [4.69, 9.17) is 0 Å². The van der Waals surface area contributed by atoms with Gasteiger partial charge in [0.25, 0.3) is 0 Å². The minimum Gasteiger partial charge on any atom is -0.354 e. The van der Waals surface area contributed by atoms with E-state index in [-0.39, 0.29) is 0 Å². The van der Waals surface area contributed by atoms with E-state index in [0.717, 1.165) is 11.0 Å². The van der Waals surface area contributed by atoms with Crippen LogP contribution in [0.25, 0.3) is 11.0 Å². The van der Waals surface area contributed by atoms with E-state index in [9.17, 15) is 0 Å². The highest BCUT2D eigenvalue weighted by Gasteiger charge is 2.13. The van der Waals surface area contributed by atoms with Crippen molar-refractivity contribution >= 4 is 34.2 Å². The lowest BCUT2D eigenvalue weighted by Gasteiger charge is -2.19. The van der Waals surface area contributed by atoms with Crippen LogP contribution in [0.5, 0.6) is 0 Å². The molecule has 4 aromatic rings. The van der Waals surface area contributed by atoms with Gasteiger partial charge in [-0.15, -0.1) is 0 Å². The molecule has 112 valence electrons. The van der Waals surface area contributed by atoms with Gasteiger partial charge in [0.1, 0.15) is 11.0 Å². The van der Waals surface area contributed by atoms with Crippen LogP contribution in [0.15, 0.2) is 82.6 Å². The molecule has 0 spiro atoms. The van der Waals surface area contributed by atoms with Crippen molar-refractivity contribution in [1.29, 1.82) is 0 Å². The zero-order chi connectivity index (χ0) is 15.5. The molecule has 0 fully saturated rings. The fourth-order valence-corrected chi connectivity index (χ4v) is 3.36. The van der Waals surface area contributed by atoms with Crippen LogP contribution in [0.3, 0.4) is 0 Å². The number of hydrogen-bond donors (Lipinski definition) is 2. The lowest BCUT2D eigenvalue weighted by Crippen LogP contribution is -1.98. The summed E-state index contributed by atoms with van der Waals surface area (Å²) in [6.07, 6.45) is 0. The maximum absolute atomic E-state index is 3.88. The van der Waals surface area contributed by atoms with Crippen molar-refractivity contribution in [1.82, 2.24) is 15.4 Å². The Morgan fingerprint density at radius 2 is 1.09 bits per heavy atom. The number of hydrogen-bond acceptors (Lipinski definition) is 4. The SMILES string of the molecule is c1ccc2c(c1)Nc1ccccc1S2.c1ccc2n[nH]nc2c1. The molecule has 0 atom stereocenters. The standard InChI is InChI=1S/C12H9NS.C6H5N3/c1-3-7-11-9(5-1)13-10-6-2-4-8-12(10)14-11;1-2-4-6-5(3-1)7-9-8-6/h1-8,13H;1-4H,(H,7,8,9). The van der Waals surface area contributed by atoms with E-state index < -0.39 is 0 Å². The lowest BCUT2D eigenvalue weighted by molar-refractivity contribution is 0.959. The van der Waals surface area contributed by atoms with Gasteiger partial charge in [-0.2, -0.15) is 15.4 Å². The lowest BCUT2D eigenvalue weighted by atomic mass is 10.2. The molecular weight excluding hydrogens is 304 g/mol. The van der Waals surface area contributed by atoms with Crippen molar-refractivity contribution in [2.45, 2.75) is 9.79 Å². The average Bonchev–Trinajstić information content (AvgIpc) is 3.09. The van der Waals surface area contributed by atoms with Crippen molar-refractivity contribution in [3.8, 4) is 0 Å². The van der Waals surface area contributed by atoms with Gasteiger partial charge in [0.15, 0.2) is 0 Å². The normalized spacial score (nSPS) is 11.7. The predicted octanol–water partition coefficient (Wildman–Crippen LogP) is 4.85. The summed E-state index contributed by atoms with van der Waals surface area (Å²) in [5, 5.41) is 13.7. The smallest absolute Gasteiger partial charge is 0.112 e. The number of fused-ring (bicyclic) bond motifs is 3. The van der Waals surface area contributed by atoms with Gasteiger partial charge in [0.2, 0.25) is 0 Å². The number of benzene rings is 3. The van der Waals surface area contributed by atoms with Crippen LogP contribution in [-0.4, -0.2) is 15.4 Å². The van der Waals surface area contributed by atoms with Crippen LogP contribution in [0, 0.1) is 0 Å². The van der Waals surface area contributed by atoms with E-state index in [1.807, 2.05) is 36.0 Å². The maximum atomic E-state index is 3.88. The van der Waals surface area contributed by atoms with Crippen molar-refractivity contribution in [3.63, 3.8) is 0 Å². The molecule has 1 aliphatic rings. The highest BCUT2D eigenvalue weighted by Crippen LogP contribution is 2.43. The zero-order valence-corrected chi connectivity index (χ0v) is 13.0. The van der Waals surface area contributed by atoms with Gasteiger partial charge in [-0.25, -0.2) is 0 Å². The number of H-pyrrole nitrogens is 1. The Morgan fingerprint density at radius 3 is 1.65 bits per heavy atom. The summed E-state index contributed by atoms with van der Waals surface area (Å²) in [6, 6.07) is 24.5. The molecule has 5 heteroatoms. The highest BCUT2D eigenvalue weighted by molar-refractivity contribution is 7.99. The van der Waals surface area contributed by atoms with Gasteiger partial charge in [0.05, 0.1) is 11.4 Å². The molecule has 23 heavy (non-hydrogen) atoms. The van der Waals surface area contributed by atoms with Crippen molar-refractivity contribution in [3.05, 3.63) is 72.8 Å². The summed E-state index contributed by atoms with van der Waals surface area (Å²) in [4.78, 5) is 2.59. The average molecular weight is 318 g/mol.